The first-order valence-corrected chi connectivity index (χ1v) is 6.80. The van der Waals surface area contributed by atoms with Crippen molar-refractivity contribution in [2.24, 2.45) is 0 Å². The van der Waals surface area contributed by atoms with Crippen molar-refractivity contribution in [1.29, 1.82) is 0 Å². The van der Waals surface area contributed by atoms with Gasteiger partial charge in [-0.3, -0.25) is 4.79 Å². The SMILES string of the molecule is Cc1cc(C(=O)O)cc(NCC(=O)N2CCCCC2)n1. The van der Waals surface area contributed by atoms with Crippen LogP contribution >= 0.6 is 0 Å². The van der Waals surface area contributed by atoms with E-state index >= 15 is 0 Å². The highest BCUT2D eigenvalue weighted by Gasteiger charge is 2.16. The lowest BCUT2D eigenvalue weighted by Gasteiger charge is -2.26. The van der Waals surface area contributed by atoms with Gasteiger partial charge in [0.05, 0.1) is 12.1 Å². The van der Waals surface area contributed by atoms with Crippen LogP contribution in [-0.2, 0) is 4.79 Å². The molecule has 0 spiro atoms. The summed E-state index contributed by atoms with van der Waals surface area (Å²) in [5, 5.41) is 11.9. The number of nitrogens with one attached hydrogen (secondary N) is 1. The number of carbonyl (C=O) groups excluding carboxylic acids is 1. The largest absolute Gasteiger partial charge is 0.478 e. The van der Waals surface area contributed by atoms with E-state index in [-0.39, 0.29) is 18.0 Å². The highest BCUT2D eigenvalue weighted by atomic mass is 16.4. The molecule has 2 heterocycles. The fraction of sp³-hybridized carbons (Fsp3) is 0.500. The summed E-state index contributed by atoms with van der Waals surface area (Å²) in [7, 11) is 0. The van der Waals surface area contributed by atoms with Crippen LogP contribution < -0.4 is 5.32 Å². The van der Waals surface area contributed by atoms with Gasteiger partial charge in [-0.15, -0.1) is 0 Å². The van der Waals surface area contributed by atoms with Gasteiger partial charge >= 0.3 is 5.97 Å². The van der Waals surface area contributed by atoms with Crippen LogP contribution in [0.5, 0.6) is 0 Å². The molecule has 0 radical (unpaired) electrons. The molecule has 0 atom stereocenters. The number of carboxylic acids is 1. The van der Waals surface area contributed by atoms with Crippen LogP contribution in [0.4, 0.5) is 5.82 Å². The minimum absolute atomic E-state index is 0.0323. The minimum Gasteiger partial charge on any atom is -0.478 e. The predicted octanol–water partition coefficient (Wildman–Crippen LogP) is 1.51. The number of aromatic carboxylic acids is 1. The molecule has 2 N–H and O–H groups in total. The number of hydrogen-bond acceptors (Lipinski definition) is 4. The normalized spacial score (nSPS) is 14.9. The van der Waals surface area contributed by atoms with Gasteiger partial charge in [-0.05, 0) is 38.3 Å². The number of pyridine rings is 1. The second-order valence-corrected chi connectivity index (χ2v) is 4.98. The molecule has 0 saturated carbocycles. The van der Waals surface area contributed by atoms with E-state index in [1.807, 2.05) is 4.90 Å². The van der Waals surface area contributed by atoms with Crippen LogP contribution in [0.1, 0.15) is 35.3 Å². The van der Waals surface area contributed by atoms with Crippen molar-refractivity contribution >= 4 is 17.7 Å². The van der Waals surface area contributed by atoms with Crippen LogP contribution in [0.25, 0.3) is 0 Å². The zero-order valence-electron chi connectivity index (χ0n) is 11.6. The van der Waals surface area contributed by atoms with Crippen molar-refractivity contribution in [3.63, 3.8) is 0 Å². The number of aromatic nitrogens is 1. The molecule has 108 valence electrons. The first kappa shape index (κ1) is 14.3. The van der Waals surface area contributed by atoms with Crippen molar-refractivity contribution in [3.8, 4) is 0 Å². The molecule has 1 aromatic heterocycles. The highest BCUT2D eigenvalue weighted by Crippen LogP contribution is 2.11. The second-order valence-electron chi connectivity index (χ2n) is 4.98. The lowest BCUT2D eigenvalue weighted by atomic mass is 10.1. The Kier molecular flexibility index (Phi) is 4.55. The summed E-state index contributed by atoms with van der Waals surface area (Å²) in [6.45, 7) is 3.49. The first-order chi connectivity index (χ1) is 9.56. The Labute approximate surface area is 117 Å². The molecule has 1 saturated heterocycles. The van der Waals surface area contributed by atoms with E-state index in [1.165, 1.54) is 18.6 Å². The number of anilines is 1. The topological polar surface area (TPSA) is 82.5 Å². The van der Waals surface area contributed by atoms with Gasteiger partial charge in [0.1, 0.15) is 5.82 Å². The van der Waals surface area contributed by atoms with Crippen LogP contribution in [0, 0.1) is 6.92 Å². The average molecular weight is 277 g/mol. The summed E-state index contributed by atoms with van der Waals surface area (Å²) in [5.41, 5.74) is 0.781. The molecule has 6 heteroatoms. The maximum atomic E-state index is 12.0. The van der Waals surface area contributed by atoms with E-state index in [1.54, 1.807) is 6.92 Å². The van der Waals surface area contributed by atoms with Crippen LogP contribution in [0.2, 0.25) is 0 Å². The van der Waals surface area contributed by atoms with Gasteiger partial charge in [0.2, 0.25) is 5.91 Å². The molecular formula is C14H19N3O3. The number of rotatable bonds is 4. The Balaban J connectivity index is 1.96. The van der Waals surface area contributed by atoms with Gasteiger partial charge < -0.3 is 15.3 Å². The van der Waals surface area contributed by atoms with E-state index in [0.29, 0.717) is 11.5 Å². The number of nitrogens with zero attached hydrogens (tertiary/aromatic N) is 2. The molecule has 0 aromatic carbocycles. The number of carbonyl (C=O) groups is 2. The van der Waals surface area contributed by atoms with Crippen LogP contribution in [-0.4, -0.2) is 46.5 Å². The lowest BCUT2D eigenvalue weighted by Crippen LogP contribution is -2.39. The molecule has 0 unspecified atom stereocenters. The quantitative estimate of drug-likeness (QED) is 0.871. The number of likely N-dealkylation sites (tertiary alicyclic amines) is 1. The van der Waals surface area contributed by atoms with Crippen molar-refractivity contribution in [2.45, 2.75) is 26.2 Å². The monoisotopic (exact) mass is 277 g/mol. The summed E-state index contributed by atoms with van der Waals surface area (Å²) in [5.74, 6) is -0.543. The maximum Gasteiger partial charge on any atom is 0.335 e. The summed E-state index contributed by atoms with van der Waals surface area (Å²) in [6, 6.07) is 2.94. The maximum absolute atomic E-state index is 12.0. The smallest absolute Gasteiger partial charge is 0.335 e. The van der Waals surface area contributed by atoms with Crippen molar-refractivity contribution in [3.05, 3.63) is 23.4 Å². The van der Waals surface area contributed by atoms with Gasteiger partial charge in [0.25, 0.3) is 0 Å². The summed E-state index contributed by atoms with van der Waals surface area (Å²) in [6.07, 6.45) is 3.29. The molecule has 0 aliphatic carbocycles. The second kappa shape index (κ2) is 6.36. The van der Waals surface area contributed by atoms with Gasteiger partial charge in [-0.25, -0.2) is 9.78 Å². The molecule has 1 aromatic rings. The standard InChI is InChI=1S/C14H19N3O3/c1-10-7-11(14(19)20)8-12(16-10)15-9-13(18)17-5-3-2-4-6-17/h7-8H,2-6,9H2,1H3,(H,15,16)(H,19,20). The number of carboxylic acid groups (broad SMARTS) is 1. The number of piperidine rings is 1. The third kappa shape index (κ3) is 3.69. The highest BCUT2D eigenvalue weighted by molar-refractivity contribution is 5.89. The van der Waals surface area contributed by atoms with Gasteiger partial charge in [-0.1, -0.05) is 0 Å². The fourth-order valence-corrected chi connectivity index (χ4v) is 2.30. The Bertz CT molecular complexity index is 510. The number of amides is 1. The molecule has 1 amide bonds. The Morgan fingerprint density at radius 3 is 2.65 bits per heavy atom. The van der Waals surface area contributed by atoms with Crippen LogP contribution in [0.3, 0.4) is 0 Å². The summed E-state index contributed by atoms with van der Waals surface area (Å²) >= 11 is 0. The molecule has 20 heavy (non-hydrogen) atoms. The number of hydrogen-bond donors (Lipinski definition) is 2. The first-order valence-electron chi connectivity index (χ1n) is 6.80. The predicted molar refractivity (Wildman–Crippen MR) is 74.9 cm³/mol. The van der Waals surface area contributed by atoms with Gasteiger partial charge in [0.15, 0.2) is 0 Å². The zero-order chi connectivity index (χ0) is 14.5. The van der Waals surface area contributed by atoms with Crippen molar-refractivity contribution in [2.75, 3.05) is 25.0 Å². The molecule has 1 aliphatic heterocycles. The van der Waals surface area contributed by atoms with Crippen molar-refractivity contribution in [1.82, 2.24) is 9.88 Å². The molecule has 1 fully saturated rings. The Hall–Kier alpha value is -2.11. The van der Waals surface area contributed by atoms with E-state index in [9.17, 15) is 9.59 Å². The third-order valence-electron chi connectivity index (χ3n) is 3.33. The fourth-order valence-electron chi connectivity index (χ4n) is 2.30. The Morgan fingerprint density at radius 1 is 1.30 bits per heavy atom. The molecular weight excluding hydrogens is 258 g/mol. The lowest BCUT2D eigenvalue weighted by molar-refractivity contribution is -0.130. The van der Waals surface area contributed by atoms with E-state index < -0.39 is 5.97 Å². The summed E-state index contributed by atoms with van der Waals surface area (Å²) < 4.78 is 0. The van der Waals surface area contributed by atoms with Crippen molar-refractivity contribution < 1.29 is 14.7 Å². The van der Waals surface area contributed by atoms with Crippen LogP contribution in [0.15, 0.2) is 12.1 Å². The average Bonchev–Trinajstić information content (AvgIpc) is 2.45. The molecule has 1 aliphatic rings. The Morgan fingerprint density at radius 2 is 2.00 bits per heavy atom. The third-order valence-corrected chi connectivity index (χ3v) is 3.33. The van der Waals surface area contributed by atoms with E-state index in [0.717, 1.165) is 25.9 Å². The van der Waals surface area contributed by atoms with Gasteiger partial charge in [0, 0.05) is 18.8 Å². The van der Waals surface area contributed by atoms with E-state index in [2.05, 4.69) is 10.3 Å². The summed E-state index contributed by atoms with van der Waals surface area (Å²) in [4.78, 5) is 29.0. The number of aryl methyl sites for hydroxylation is 1. The molecule has 0 bridgehead atoms. The van der Waals surface area contributed by atoms with Gasteiger partial charge in [-0.2, -0.15) is 0 Å². The molecule has 2 rings (SSSR count). The zero-order valence-corrected chi connectivity index (χ0v) is 11.6. The minimum atomic E-state index is -0.999. The van der Waals surface area contributed by atoms with E-state index in [4.69, 9.17) is 5.11 Å². The molecule has 6 nitrogen and oxygen atoms in total.